The van der Waals surface area contributed by atoms with Crippen molar-refractivity contribution in [2.45, 2.75) is 30.2 Å². The number of aromatic nitrogens is 2. The fourth-order valence-corrected chi connectivity index (χ4v) is 3.25. The van der Waals surface area contributed by atoms with E-state index in [2.05, 4.69) is 9.82 Å². The summed E-state index contributed by atoms with van der Waals surface area (Å²) in [5, 5.41) is 3.85. The van der Waals surface area contributed by atoms with Crippen molar-refractivity contribution in [3.05, 3.63) is 12.4 Å². The van der Waals surface area contributed by atoms with Gasteiger partial charge in [-0.25, -0.2) is 13.1 Å². The molecule has 0 aliphatic heterocycles. The van der Waals surface area contributed by atoms with E-state index in [0.29, 0.717) is 12.5 Å². The van der Waals surface area contributed by atoms with Crippen molar-refractivity contribution < 1.29 is 8.42 Å². The van der Waals surface area contributed by atoms with E-state index in [1.54, 1.807) is 7.05 Å². The first-order valence-electron chi connectivity index (χ1n) is 5.71. The Kier molecular flexibility index (Phi) is 3.50. The maximum Gasteiger partial charge on any atom is 0.243 e. The minimum atomic E-state index is -3.42. The maximum absolute atomic E-state index is 11.9. The van der Waals surface area contributed by atoms with Gasteiger partial charge in [-0.15, -0.1) is 0 Å². The summed E-state index contributed by atoms with van der Waals surface area (Å²) in [6.45, 7) is 0.463. The highest BCUT2D eigenvalue weighted by Crippen LogP contribution is 2.23. The zero-order chi connectivity index (χ0) is 12.5. The lowest BCUT2D eigenvalue weighted by molar-refractivity contribution is 0.512. The summed E-state index contributed by atoms with van der Waals surface area (Å²) in [5.74, 6) is 0.358. The summed E-state index contributed by atoms with van der Waals surface area (Å²) in [6.07, 6.45) is 5.72. The number of nitrogens with zero attached hydrogens (tertiary/aromatic N) is 2. The van der Waals surface area contributed by atoms with E-state index in [4.69, 9.17) is 5.73 Å². The Balaban J connectivity index is 1.94. The van der Waals surface area contributed by atoms with E-state index in [0.717, 1.165) is 19.3 Å². The van der Waals surface area contributed by atoms with Gasteiger partial charge in [-0.2, -0.15) is 5.10 Å². The number of nitrogens with one attached hydrogen (secondary N) is 1. The second-order valence-corrected chi connectivity index (χ2v) is 6.41. The Morgan fingerprint density at radius 2 is 2.35 bits per heavy atom. The van der Waals surface area contributed by atoms with Crippen LogP contribution in [0.5, 0.6) is 0 Å². The zero-order valence-electron chi connectivity index (χ0n) is 9.83. The van der Waals surface area contributed by atoms with Crippen LogP contribution in [0.3, 0.4) is 0 Å². The number of sulfonamides is 1. The fraction of sp³-hybridized carbons (Fsp3) is 0.700. The molecule has 1 heterocycles. The minimum Gasteiger partial charge on any atom is -0.328 e. The van der Waals surface area contributed by atoms with E-state index in [1.165, 1.54) is 17.1 Å². The van der Waals surface area contributed by atoms with Gasteiger partial charge >= 0.3 is 0 Å². The van der Waals surface area contributed by atoms with Gasteiger partial charge in [0.15, 0.2) is 0 Å². The molecule has 0 spiro atoms. The summed E-state index contributed by atoms with van der Waals surface area (Å²) >= 11 is 0. The molecule has 1 aromatic rings. The lowest BCUT2D eigenvalue weighted by Gasteiger charge is -2.10. The number of rotatable bonds is 4. The van der Waals surface area contributed by atoms with E-state index >= 15 is 0 Å². The molecule has 17 heavy (non-hydrogen) atoms. The zero-order valence-corrected chi connectivity index (χ0v) is 10.7. The van der Waals surface area contributed by atoms with Crippen molar-refractivity contribution in [1.82, 2.24) is 14.5 Å². The van der Waals surface area contributed by atoms with Crippen molar-refractivity contribution in [1.29, 1.82) is 0 Å². The quantitative estimate of drug-likeness (QED) is 0.784. The Hall–Kier alpha value is -0.920. The molecule has 7 heteroatoms. The number of hydrogen-bond donors (Lipinski definition) is 2. The standard InChI is InChI=1S/C10H18N4O2S/c1-14-7-10(6-12-14)17(15,16)13-5-8-2-3-9(11)4-8/h6-9,13H,2-5,11H2,1H3. The summed E-state index contributed by atoms with van der Waals surface area (Å²) < 4.78 is 27.9. The Labute approximate surface area is 101 Å². The van der Waals surface area contributed by atoms with Crippen LogP contribution in [0.15, 0.2) is 17.3 Å². The molecule has 0 saturated heterocycles. The van der Waals surface area contributed by atoms with Gasteiger partial charge in [0.1, 0.15) is 4.90 Å². The maximum atomic E-state index is 11.9. The van der Waals surface area contributed by atoms with Crippen LogP contribution < -0.4 is 10.5 Å². The molecule has 1 aliphatic rings. The monoisotopic (exact) mass is 258 g/mol. The predicted molar refractivity (Wildman–Crippen MR) is 63.7 cm³/mol. The highest BCUT2D eigenvalue weighted by molar-refractivity contribution is 7.89. The largest absolute Gasteiger partial charge is 0.328 e. The van der Waals surface area contributed by atoms with Crippen molar-refractivity contribution in [2.24, 2.45) is 18.7 Å². The van der Waals surface area contributed by atoms with Gasteiger partial charge in [0.05, 0.1) is 6.20 Å². The van der Waals surface area contributed by atoms with E-state index in [-0.39, 0.29) is 10.9 Å². The Morgan fingerprint density at radius 1 is 1.59 bits per heavy atom. The highest BCUT2D eigenvalue weighted by atomic mass is 32.2. The minimum absolute atomic E-state index is 0.210. The summed E-state index contributed by atoms with van der Waals surface area (Å²) in [6, 6.07) is 0.225. The van der Waals surface area contributed by atoms with Gasteiger partial charge < -0.3 is 5.73 Å². The average molecular weight is 258 g/mol. The second kappa shape index (κ2) is 4.75. The molecule has 1 fully saturated rings. The topological polar surface area (TPSA) is 90.0 Å². The normalized spacial score (nSPS) is 25.3. The molecule has 0 bridgehead atoms. The van der Waals surface area contributed by atoms with Gasteiger partial charge in [-0.05, 0) is 25.2 Å². The second-order valence-electron chi connectivity index (χ2n) is 4.64. The number of nitrogens with two attached hydrogens (primary N) is 1. The molecular formula is C10H18N4O2S. The Bertz CT molecular complexity index is 482. The Morgan fingerprint density at radius 3 is 2.88 bits per heavy atom. The third-order valence-corrected chi connectivity index (χ3v) is 4.51. The van der Waals surface area contributed by atoms with Gasteiger partial charge in [-0.1, -0.05) is 0 Å². The van der Waals surface area contributed by atoms with Crippen LogP contribution in [-0.2, 0) is 17.1 Å². The molecular weight excluding hydrogens is 240 g/mol. The van der Waals surface area contributed by atoms with Crippen LogP contribution in [0.25, 0.3) is 0 Å². The summed E-state index contributed by atoms with van der Waals surface area (Å²) in [7, 11) is -1.73. The molecule has 1 saturated carbocycles. The third kappa shape index (κ3) is 3.05. The molecule has 0 amide bonds. The van der Waals surface area contributed by atoms with Crippen molar-refractivity contribution in [2.75, 3.05) is 6.54 Å². The molecule has 96 valence electrons. The van der Waals surface area contributed by atoms with E-state index in [1.807, 2.05) is 0 Å². The van der Waals surface area contributed by atoms with E-state index in [9.17, 15) is 8.42 Å². The molecule has 0 aromatic carbocycles. The van der Waals surface area contributed by atoms with Crippen LogP contribution in [0.1, 0.15) is 19.3 Å². The van der Waals surface area contributed by atoms with Gasteiger partial charge in [0, 0.05) is 25.8 Å². The molecule has 2 rings (SSSR count). The van der Waals surface area contributed by atoms with Crippen LogP contribution in [-0.4, -0.2) is 30.8 Å². The molecule has 0 radical (unpaired) electrons. The molecule has 2 atom stereocenters. The first kappa shape index (κ1) is 12.5. The first-order valence-corrected chi connectivity index (χ1v) is 7.19. The predicted octanol–water partition coefficient (Wildman–Crippen LogP) is -0.174. The fourth-order valence-electron chi connectivity index (χ4n) is 2.15. The van der Waals surface area contributed by atoms with Crippen molar-refractivity contribution in [3.63, 3.8) is 0 Å². The lowest BCUT2D eigenvalue weighted by Crippen LogP contribution is -2.29. The summed E-state index contributed by atoms with van der Waals surface area (Å²) in [5.41, 5.74) is 5.79. The van der Waals surface area contributed by atoms with Crippen molar-refractivity contribution >= 4 is 10.0 Å². The molecule has 1 aromatic heterocycles. The smallest absolute Gasteiger partial charge is 0.243 e. The number of hydrogen-bond acceptors (Lipinski definition) is 4. The number of aryl methyl sites for hydroxylation is 1. The summed E-state index contributed by atoms with van der Waals surface area (Å²) in [4.78, 5) is 0.210. The van der Waals surface area contributed by atoms with Crippen LogP contribution in [0, 0.1) is 5.92 Å². The van der Waals surface area contributed by atoms with Gasteiger partial charge in [0.25, 0.3) is 0 Å². The molecule has 6 nitrogen and oxygen atoms in total. The van der Waals surface area contributed by atoms with Gasteiger partial charge in [-0.3, -0.25) is 4.68 Å². The van der Waals surface area contributed by atoms with Crippen molar-refractivity contribution in [3.8, 4) is 0 Å². The van der Waals surface area contributed by atoms with Crippen LogP contribution in [0.2, 0.25) is 0 Å². The molecule has 2 unspecified atom stereocenters. The first-order chi connectivity index (χ1) is 7.97. The lowest BCUT2D eigenvalue weighted by atomic mass is 10.1. The van der Waals surface area contributed by atoms with Gasteiger partial charge in [0.2, 0.25) is 10.0 Å². The highest BCUT2D eigenvalue weighted by Gasteiger charge is 2.24. The SMILES string of the molecule is Cn1cc(S(=O)(=O)NCC2CCC(N)C2)cn1. The van der Waals surface area contributed by atoms with E-state index < -0.39 is 10.0 Å². The van der Waals surface area contributed by atoms with Crippen LogP contribution >= 0.6 is 0 Å². The average Bonchev–Trinajstić information content (AvgIpc) is 2.85. The van der Waals surface area contributed by atoms with Crippen LogP contribution in [0.4, 0.5) is 0 Å². The third-order valence-electron chi connectivity index (χ3n) is 3.14. The molecule has 3 N–H and O–H groups in total. The molecule has 1 aliphatic carbocycles.